The standard InChI is InChI=1S/C14H21BrN2O2/c1-3-19-10-6-9-16-14(18)17-11(2)12-7-4-5-8-13(12)15/h4-5,7-8,11H,3,6,9-10H2,1-2H3,(H2,16,17,18). The Hall–Kier alpha value is -1.07. The molecular formula is C14H21BrN2O2. The first-order chi connectivity index (χ1) is 9.15. The second-order valence-corrected chi connectivity index (χ2v) is 5.05. The van der Waals surface area contributed by atoms with Crippen LogP contribution in [0.5, 0.6) is 0 Å². The van der Waals surface area contributed by atoms with Gasteiger partial charge >= 0.3 is 6.03 Å². The van der Waals surface area contributed by atoms with E-state index in [1.165, 1.54) is 0 Å². The molecule has 0 aliphatic rings. The molecule has 2 amide bonds. The molecule has 5 heteroatoms. The van der Waals surface area contributed by atoms with E-state index in [0.717, 1.165) is 16.5 Å². The molecule has 2 N–H and O–H groups in total. The largest absolute Gasteiger partial charge is 0.382 e. The second kappa shape index (κ2) is 8.93. The monoisotopic (exact) mass is 328 g/mol. The number of benzene rings is 1. The lowest BCUT2D eigenvalue weighted by atomic mass is 10.1. The van der Waals surface area contributed by atoms with Gasteiger partial charge in [0.15, 0.2) is 0 Å². The maximum atomic E-state index is 11.7. The molecule has 1 aromatic carbocycles. The fraction of sp³-hybridized carbons (Fsp3) is 0.500. The molecule has 0 heterocycles. The summed E-state index contributed by atoms with van der Waals surface area (Å²) in [5.74, 6) is 0. The molecule has 0 fully saturated rings. The van der Waals surface area contributed by atoms with Crippen LogP contribution in [0.4, 0.5) is 4.79 Å². The molecule has 0 aliphatic heterocycles. The van der Waals surface area contributed by atoms with E-state index in [9.17, 15) is 4.79 Å². The van der Waals surface area contributed by atoms with Crippen LogP contribution in [0.15, 0.2) is 28.7 Å². The molecule has 0 aliphatic carbocycles. The summed E-state index contributed by atoms with van der Waals surface area (Å²) in [6, 6.07) is 7.67. The van der Waals surface area contributed by atoms with Crippen LogP contribution < -0.4 is 10.6 Å². The van der Waals surface area contributed by atoms with Crippen LogP contribution in [0.1, 0.15) is 31.9 Å². The topological polar surface area (TPSA) is 50.4 Å². The van der Waals surface area contributed by atoms with E-state index in [1.54, 1.807) is 0 Å². The highest BCUT2D eigenvalue weighted by Gasteiger charge is 2.11. The Morgan fingerprint density at radius 1 is 1.42 bits per heavy atom. The van der Waals surface area contributed by atoms with Crippen LogP contribution in [0.25, 0.3) is 0 Å². The molecular weight excluding hydrogens is 308 g/mol. The molecule has 0 radical (unpaired) electrons. The summed E-state index contributed by atoms with van der Waals surface area (Å²) in [6.07, 6.45) is 0.824. The zero-order valence-corrected chi connectivity index (χ0v) is 13.0. The molecule has 1 rings (SSSR count). The third-order valence-corrected chi connectivity index (χ3v) is 3.40. The number of hydrogen-bond acceptors (Lipinski definition) is 2. The number of halogens is 1. The van der Waals surface area contributed by atoms with Gasteiger partial charge in [-0.05, 0) is 31.9 Å². The summed E-state index contributed by atoms with van der Waals surface area (Å²) >= 11 is 3.48. The number of rotatable bonds is 7. The zero-order chi connectivity index (χ0) is 14.1. The Labute approximate surface area is 123 Å². The molecule has 1 unspecified atom stereocenters. The predicted molar refractivity (Wildman–Crippen MR) is 80.2 cm³/mol. The van der Waals surface area contributed by atoms with Gasteiger partial charge in [-0.3, -0.25) is 0 Å². The van der Waals surface area contributed by atoms with E-state index in [0.29, 0.717) is 19.8 Å². The lowest BCUT2D eigenvalue weighted by Crippen LogP contribution is -2.37. The van der Waals surface area contributed by atoms with Crippen molar-refractivity contribution in [1.82, 2.24) is 10.6 Å². The van der Waals surface area contributed by atoms with Crippen LogP contribution in [-0.2, 0) is 4.74 Å². The van der Waals surface area contributed by atoms with E-state index < -0.39 is 0 Å². The fourth-order valence-corrected chi connectivity index (χ4v) is 2.30. The van der Waals surface area contributed by atoms with Gasteiger partial charge in [-0.1, -0.05) is 34.1 Å². The van der Waals surface area contributed by atoms with Gasteiger partial charge in [0.25, 0.3) is 0 Å². The molecule has 106 valence electrons. The smallest absolute Gasteiger partial charge is 0.315 e. The first-order valence-electron chi connectivity index (χ1n) is 6.51. The number of hydrogen-bond donors (Lipinski definition) is 2. The minimum Gasteiger partial charge on any atom is -0.382 e. The average Bonchev–Trinajstić information content (AvgIpc) is 2.39. The van der Waals surface area contributed by atoms with Crippen molar-refractivity contribution in [3.8, 4) is 0 Å². The first-order valence-corrected chi connectivity index (χ1v) is 7.31. The summed E-state index contributed by atoms with van der Waals surface area (Å²) in [5.41, 5.74) is 1.06. The van der Waals surface area contributed by atoms with Crippen molar-refractivity contribution in [2.45, 2.75) is 26.3 Å². The Morgan fingerprint density at radius 3 is 2.84 bits per heavy atom. The Balaban J connectivity index is 2.30. The maximum Gasteiger partial charge on any atom is 0.315 e. The van der Waals surface area contributed by atoms with Gasteiger partial charge in [0.05, 0.1) is 6.04 Å². The highest BCUT2D eigenvalue weighted by atomic mass is 79.9. The van der Waals surface area contributed by atoms with Crippen molar-refractivity contribution >= 4 is 22.0 Å². The molecule has 0 spiro atoms. The molecule has 0 saturated carbocycles. The summed E-state index contributed by atoms with van der Waals surface area (Å²) < 4.78 is 6.20. The van der Waals surface area contributed by atoms with Crippen molar-refractivity contribution in [3.05, 3.63) is 34.3 Å². The van der Waals surface area contributed by atoms with Crippen molar-refractivity contribution in [2.75, 3.05) is 19.8 Å². The molecule has 19 heavy (non-hydrogen) atoms. The first kappa shape index (κ1) is 16.0. The lowest BCUT2D eigenvalue weighted by molar-refractivity contribution is 0.145. The number of carbonyl (C=O) groups is 1. The highest BCUT2D eigenvalue weighted by molar-refractivity contribution is 9.10. The van der Waals surface area contributed by atoms with Crippen LogP contribution in [0, 0.1) is 0 Å². The normalized spacial score (nSPS) is 11.9. The fourth-order valence-electron chi connectivity index (χ4n) is 1.67. The molecule has 0 saturated heterocycles. The van der Waals surface area contributed by atoms with Crippen molar-refractivity contribution in [3.63, 3.8) is 0 Å². The number of ether oxygens (including phenoxy) is 1. The molecule has 1 aromatic rings. The zero-order valence-electron chi connectivity index (χ0n) is 11.4. The SMILES string of the molecule is CCOCCCNC(=O)NC(C)c1ccccc1Br. The van der Waals surface area contributed by atoms with Gasteiger partial charge < -0.3 is 15.4 Å². The highest BCUT2D eigenvalue weighted by Crippen LogP contribution is 2.22. The third kappa shape index (κ3) is 6.07. The van der Waals surface area contributed by atoms with E-state index >= 15 is 0 Å². The van der Waals surface area contributed by atoms with Crippen LogP contribution in [0.3, 0.4) is 0 Å². The number of carbonyl (C=O) groups excluding carboxylic acids is 1. The van der Waals surface area contributed by atoms with E-state index in [2.05, 4.69) is 26.6 Å². The Bertz CT molecular complexity index is 399. The van der Waals surface area contributed by atoms with Gasteiger partial charge in [0, 0.05) is 24.2 Å². The minimum atomic E-state index is -0.153. The number of urea groups is 1. The summed E-state index contributed by atoms with van der Waals surface area (Å²) in [7, 11) is 0. The number of nitrogens with one attached hydrogen (secondary N) is 2. The summed E-state index contributed by atoms with van der Waals surface area (Å²) in [6.45, 7) is 5.93. The summed E-state index contributed by atoms with van der Waals surface area (Å²) in [5, 5.41) is 5.72. The van der Waals surface area contributed by atoms with Gasteiger partial charge in [-0.25, -0.2) is 4.79 Å². The van der Waals surface area contributed by atoms with Crippen molar-refractivity contribution < 1.29 is 9.53 Å². The minimum absolute atomic E-state index is 0.0394. The molecule has 0 bridgehead atoms. The Kier molecular flexibility index (Phi) is 7.52. The van der Waals surface area contributed by atoms with Crippen LogP contribution in [0.2, 0.25) is 0 Å². The third-order valence-electron chi connectivity index (χ3n) is 2.67. The van der Waals surface area contributed by atoms with Crippen LogP contribution >= 0.6 is 15.9 Å². The van der Waals surface area contributed by atoms with Gasteiger partial charge in [0.2, 0.25) is 0 Å². The average molecular weight is 329 g/mol. The van der Waals surface area contributed by atoms with E-state index in [4.69, 9.17) is 4.74 Å². The summed E-state index contributed by atoms with van der Waals surface area (Å²) in [4.78, 5) is 11.7. The van der Waals surface area contributed by atoms with Crippen molar-refractivity contribution in [2.24, 2.45) is 0 Å². The Morgan fingerprint density at radius 2 is 2.16 bits per heavy atom. The predicted octanol–water partition coefficient (Wildman–Crippen LogP) is 3.24. The van der Waals surface area contributed by atoms with Crippen molar-refractivity contribution in [1.29, 1.82) is 0 Å². The maximum absolute atomic E-state index is 11.7. The van der Waals surface area contributed by atoms with Gasteiger partial charge in [-0.15, -0.1) is 0 Å². The van der Waals surface area contributed by atoms with Gasteiger partial charge in [-0.2, -0.15) is 0 Å². The van der Waals surface area contributed by atoms with E-state index in [-0.39, 0.29) is 12.1 Å². The van der Waals surface area contributed by atoms with E-state index in [1.807, 2.05) is 38.1 Å². The molecule has 1 atom stereocenters. The number of amides is 2. The van der Waals surface area contributed by atoms with Crippen LogP contribution in [-0.4, -0.2) is 25.8 Å². The lowest BCUT2D eigenvalue weighted by Gasteiger charge is -2.16. The quantitative estimate of drug-likeness (QED) is 0.755. The van der Waals surface area contributed by atoms with Gasteiger partial charge in [0.1, 0.15) is 0 Å². The molecule has 0 aromatic heterocycles. The molecule has 4 nitrogen and oxygen atoms in total. The second-order valence-electron chi connectivity index (χ2n) is 4.19.